The Hall–Kier alpha value is -1.89. The number of fused-ring (bicyclic) bond motifs is 3. The summed E-state index contributed by atoms with van der Waals surface area (Å²) in [4.78, 5) is 14.6. The van der Waals surface area contributed by atoms with Crippen LogP contribution in [0.1, 0.15) is 105 Å². The molecule has 6 aliphatic carbocycles. The molecule has 1 spiro atoms. The molecule has 9 N–H and O–H groups in total. The first-order valence-corrected chi connectivity index (χ1v) is 21.7. The van der Waals surface area contributed by atoms with Crippen LogP contribution in [0.3, 0.4) is 0 Å². The molecule has 306 valence electrons. The Morgan fingerprint density at radius 1 is 1.13 bits per heavy atom. The molecule has 0 aromatic carbocycles. The Bertz CT molecular complexity index is 1630. The molecule has 18 unspecified atom stereocenters. The Morgan fingerprint density at radius 2 is 1.89 bits per heavy atom. The fraction of sp³-hybridized carbons (Fsp3) is 0.800. The van der Waals surface area contributed by atoms with Crippen molar-refractivity contribution in [1.29, 1.82) is 0 Å². The molecule has 8 aliphatic rings. The maximum absolute atomic E-state index is 14.6. The standard InChI is InChI=1S/C45H69N3O7/c1-6-7-26-8-11-29-25(2)38(55-35(29)12-9-26)40(52)42(4,53)36-15-17-45(54)31-19-32(49)30-18-33(50)34(51)21-44(30)20-27(28-10-13-37(46)48-22-28)14-16-43(24-47-5,39(31)44)23-41(36,45)3/h10,13-14,16,19,22,25-27,29-30,33-40,47-48,50-54H,6-9,11-12,15,17-18,20-21,23-24,46H2,1-5H3. The number of hydrogen-bond donors (Lipinski definition) is 8. The first kappa shape index (κ1) is 39.9. The van der Waals surface area contributed by atoms with Crippen LogP contribution in [-0.4, -0.2) is 92.8 Å². The van der Waals surface area contributed by atoms with Gasteiger partial charge in [0.15, 0.2) is 5.78 Å². The second kappa shape index (κ2) is 14.1. The minimum Gasteiger partial charge on any atom is -0.390 e. The summed E-state index contributed by atoms with van der Waals surface area (Å²) in [6.07, 6.45) is 17.4. The lowest BCUT2D eigenvalue weighted by Gasteiger charge is -2.67. The average molecular weight is 764 g/mol. The fourth-order valence-corrected chi connectivity index (χ4v) is 14.7. The largest absolute Gasteiger partial charge is 0.390 e. The number of aliphatic hydroxyl groups excluding tert-OH is 3. The number of rotatable bonds is 8. The molecule has 10 nitrogen and oxygen atoms in total. The molecular formula is C45H69N3O7. The fourth-order valence-electron chi connectivity index (χ4n) is 14.7. The Labute approximate surface area is 328 Å². The van der Waals surface area contributed by atoms with E-state index in [1.165, 1.54) is 19.3 Å². The van der Waals surface area contributed by atoms with Gasteiger partial charge in [-0.05, 0) is 130 Å². The van der Waals surface area contributed by atoms with Gasteiger partial charge in [-0.2, -0.15) is 0 Å². The zero-order valence-corrected chi connectivity index (χ0v) is 33.8. The van der Waals surface area contributed by atoms with Gasteiger partial charge in [0.25, 0.3) is 0 Å². The van der Waals surface area contributed by atoms with Crippen molar-refractivity contribution in [3.05, 3.63) is 47.7 Å². The smallest absolute Gasteiger partial charge is 0.159 e. The van der Waals surface area contributed by atoms with E-state index in [0.717, 1.165) is 30.8 Å². The first-order valence-electron chi connectivity index (χ1n) is 21.7. The number of dihydropyridines is 1. The van der Waals surface area contributed by atoms with Crippen molar-refractivity contribution >= 4 is 5.78 Å². The molecule has 5 fully saturated rings. The molecule has 4 saturated carbocycles. The van der Waals surface area contributed by atoms with E-state index >= 15 is 0 Å². The number of nitrogens with two attached hydrogens (primary N) is 1. The Balaban J connectivity index is 1.19. The molecule has 0 radical (unpaired) electrons. The zero-order valence-electron chi connectivity index (χ0n) is 33.8. The van der Waals surface area contributed by atoms with Gasteiger partial charge in [-0.1, -0.05) is 58.3 Å². The van der Waals surface area contributed by atoms with Crippen LogP contribution in [0.4, 0.5) is 0 Å². The van der Waals surface area contributed by atoms with Crippen LogP contribution in [0.5, 0.6) is 0 Å². The van der Waals surface area contributed by atoms with Gasteiger partial charge in [-0.3, -0.25) is 4.79 Å². The number of ether oxygens (including phenoxy) is 1. The van der Waals surface area contributed by atoms with Crippen molar-refractivity contribution in [2.75, 3.05) is 13.6 Å². The molecule has 18 atom stereocenters. The van der Waals surface area contributed by atoms with Crippen molar-refractivity contribution < 1.29 is 35.1 Å². The molecule has 0 aromatic rings. The number of ketones is 1. The number of aliphatic hydroxyl groups is 5. The SMILES string of the molecule is CCCC1CCC2OC(C(O)C(C)(O)C3CCC4(O)C5=CC(=O)C6CC(O)C(O)CC67CC(C6=CNC(N)C=C6)C=CC(CNC)(CC34C)C57)C(C)C2CC1. The minimum absolute atomic E-state index is 0.0776. The molecule has 2 aliphatic heterocycles. The lowest BCUT2D eigenvalue weighted by molar-refractivity contribution is -0.213. The Kier molecular flexibility index (Phi) is 10.3. The number of carbonyl (C=O) groups is 1. The minimum atomic E-state index is -1.59. The third-order valence-corrected chi connectivity index (χ3v) is 17.2. The van der Waals surface area contributed by atoms with E-state index < -0.39 is 63.7 Å². The molecule has 8 rings (SSSR count). The quantitative estimate of drug-likeness (QED) is 0.169. The second-order valence-corrected chi connectivity index (χ2v) is 20.1. The normalized spacial score (nSPS) is 50.6. The molecule has 10 heteroatoms. The summed E-state index contributed by atoms with van der Waals surface area (Å²) >= 11 is 0. The first-order chi connectivity index (χ1) is 26.0. The van der Waals surface area contributed by atoms with E-state index in [9.17, 15) is 30.3 Å². The number of hydrogen-bond acceptors (Lipinski definition) is 10. The molecular weight excluding hydrogens is 695 g/mol. The summed E-state index contributed by atoms with van der Waals surface area (Å²) in [5, 5.41) is 67.9. The second-order valence-electron chi connectivity index (χ2n) is 20.1. The van der Waals surface area contributed by atoms with Crippen molar-refractivity contribution in [1.82, 2.24) is 10.6 Å². The van der Waals surface area contributed by atoms with Crippen molar-refractivity contribution in [3.63, 3.8) is 0 Å². The van der Waals surface area contributed by atoms with Gasteiger partial charge >= 0.3 is 0 Å². The molecule has 0 bridgehead atoms. The van der Waals surface area contributed by atoms with Gasteiger partial charge in [0.05, 0.1) is 41.8 Å². The maximum atomic E-state index is 14.6. The predicted octanol–water partition coefficient (Wildman–Crippen LogP) is 4.01. The van der Waals surface area contributed by atoms with Crippen LogP contribution in [0, 0.1) is 57.7 Å². The third kappa shape index (κ3) is 5.96. The highest BCUT2D eigenvalue weighted by atomic mass is 16.5. The van der Waals surface area contributed by atoms with Crippen molar-refractivity contribution in [2.45, 2.75) is 153 Å². The lowest BCUT2D eigenvalue weighted by Crippen LogP contribution is -2.69. The van der Waals surface area contributed by atoms with E-state index in [1.807, 2.05) is 25.4 Å². The maximum Gasteiger partial charge on any atom is 0.159 e. The van der Waals surface area contributed by atoms with Crippen LogP contribution in [0.15, 0.2) is 47.7 Å². The van der Waals surface area contributed by atoms with Crippen LogP contribution in [0.25, 0.3) is 0 Å². The topological polar surface area (TPSA) is 178 Å². The van der Waals surface area contributed by atoms with Gasteiger partial charge in [-0.15, -0.1) is 0 Å². The van der Waals surface area contributed by atoms with Gasteiger partial charge in [0.1, 0.15) is 6.10 Å². The zero-order chi connectivity index (χ0) is 39.3. The molecule has 1 saturated heterocycles. The van der Waals surface area contributed by atoms with E-state index in [-0.39, 0.29) is 48.6 Å². The molecule has 55 heavy (non-hydrogen) atoms. The summed E-state index contributed by atoms with van der Waals surface area (Å²) in [6, 6.07) is 0. The molecule has 0 amide bonds. The summed E-state index contributed by atoms with van der Waals surface area (Å²) in [6.45, 7) is 8.82. The predicted molar refractivity (Wildman–Crippen MR) is 211 cm³/mol. The highest BCUT2D eigenvalue weighted by molar-refractivity contribution is 5.95. The molecule has 2 heterocycles. The monoisotopic (exact) mass is 764 g/mol. The van der Waals surface area contributed by atoms with Gasteiger partial charge in [0.2, 0.25) is 0 Å². The average Bonchev–Trinajstić information content (AvgIpc) is 3.44. The van der Waals surface area contributed by atoms with Crippen LogP contribution in [-0.2, 0) is 9.53 Å². The lowest BCUT2D eigenvalue weighted by atomic mass is 9.38. The summed E-state index contributed by atoms with van der Waals surface area (Å²) in [5.74, 6) is -0.395. The van der Waals surface area contributed by atoms with Crippen LogP contribution in [0.2, 0.25) is 0 Å². The number of allylic oxidation sites excluding steroid dienone is 4. The van der Waals surface area contributed by atoms with Crippen molar-refractivity contribution in [3.8, 4) is 0 Å². The van der Waals surface area contributed by atoms with Crippen molar-refractivity contribution in [2.24, 2.45) is 63.4 Å². The summed E-state index contributed by atoms with van der Waals surface area (Å²) in [7, 11) is 1.93. The highest BCUT2D eigenvalue weighted by Gasteiger charge is 2.75. The number of nitrogens with one attached hydrogen (secondary N) is 2. The Morgan fingerprint density at radius 3 is 2.60 bits per heavy atom. The van der Waals surface area contributed by atoms with E-state index in [2.05, 4.69) is 43.6 Å². The van der Waals surface area contributed by atoms with E-state index in [4.69, 9.17) is 10.5 Å². The van der Waals surface area contributed by atoms with Gasteiger partial charge in [-0.25, -0.2) is 0 Å². The highest BCUT2D eigenvalue weighted by Crippen LogP contribution is 2.75. The third-order valence-electron chi connectivity index (χ3n) is 17.2. The van der Waals surface area contributed by atoms with Gasteiger partial charge in [0, 0.05) is 35.4 Å². The number of carbonyl (C=O) groups excluding carboxylic acids is 1. The van der Waals surface area contributed by atoms with Crippen LogP contribution < -0.4 is 16.4 Å². The van der Waals surface area contributed by atoms with Crippen LogP contribution >= 0.6 is 0 Å². The van der Waals surface area contributed by atoms with E-state index in [1.54, 1.807) is 13.0 Å². The van der Waals surface area contributed by atoms with Gasteiger partial charge < -0.3 is 46.6 Å². The van der Waals surface area contributed by atoms with E-state index in [0.29, 0.717) is 43.7 Å². The molecule has 0 aromatic heterocycles. The summed E-state index contributed by atoms with van der Waals surface area (Å²) in [5.41, 5.74) is 2.53. The summed E-state index contributed by atoms with van der Waals surface area (Å²) < 4.78 is 6.76.